The first-order valence-electron chi connectivity index (χ1n) is 6.94. The van der Waals surface area contributed by atoms with Crippen LogP contribution in [0.25, 0.3) is 0 Å². The van der Waals surface area contributed by atoms with Crippen molar-refractivity contribution in [3.8, 4) is 0 Å². The highest BCUT2D eigenvalue weighted by Crippen LogP contribution is 2.17. The third kappa shape index (κ3) is 5.84. The maximum atomic E-state index is 5.41. The molecule has 17 heavy (non-hydrogen) atoms. The first kappa shape index (κ1) is 14.9. The van der Waals surface area contributed by atoms with Gasteiger partial charge in [-0.1, -0.05) is 0 Å². The molecule has 0 radical (unpaired) electrons. The highest BCUT2D eigenvalue weighted by molar-refractivity contribution is 4.80. The van der Waals surface area contributed by atoms with Crippen molar-refractivity contribution in [2.75, 3.05) is 26.7 Å². The molecule has 0 amide bonds. The van der Waals surface area contributed by atoms with Crippen LogP contribution in [0.4, 0.5) is 0 Å². The smallest absolute Gasteiger partial charge is 0.0710 e. The van der Waals surface area contributed by atoms with Gasteiger partial charge in [-0.15, -0.1) is 0 Å². The van der Waals surface area contributed by atoms with Crippen molar-refractivity contribution in [2.45, 2.75) is 64.6 Å². The normalized spacial score (nSPS) is 24.2. The van der Waals surface area contributed by atoms with E-state index in [1.54, 1.807) is 0 Å². The van der Waals surface area contributed by atoms with Gasteiger partial charge in [-0.05, 0) is 53.5 Å². The Hall–Kier alpha value is -0.120. The average molecular weight is 242 g/mol. The van der Waals surface area contributed by atoms with Gasteiger partial charge >= 0.3 is 0 Å². The van der Waals surface area contributed by atoms with Gasteiger partial charge in [0.25, 0.3) is 0 Å². The van der Waals surface area contributed by atoms with Crippen LogP contribution in [0.5, 0.6) is 0 Å². The first-order chi connectivity index (χ1) is 7.92. The molecule has 1 fully saturated rings. The standard InChI is InChI=1S/C14H30N2O/c1-12(7-6-9-15-14(2,3)4)16-10-8-13(11-16)17-5/h12-13,15H,6-11H2,1-5H3. The van der Waals surface area contributed by atoms with Crippen LogP contribution in [-0.4, -0.2) is 49.3 Å². The predicted octanol–water partition coefficient (Wildman–Crippen LogP) is 2.26. The van der Waals surface area contributed by atoms with Gasteiger partial charge in [-0.3, -0.25) is 4.90 Å². The Morgan fingerprint density at radius 2 is 2.12 bits per heavy atom. The minimum Gasteiger partial charge on any atom is -0.380 e. The van der Waals surface area contributed by atoms with Gasteiger partial charge in [-0.2, -0.15) is 0 Å². The van der Waals surface area contributed by atoms with Gasteiger partial charge in [0.2, 0.25) is 0 Å². The number of nitrogens with zero attached hydrogens (tertiary/aromatic N) is 1. The summed E-state index contributed by atoms with van der Waals surface area (Å²) in [5.74, 6) is 0. The largest absolute Gasteiger partial charge is 0.380 e. The van der Waals surface area contributed by atoms with Crippen LogP contribution in [0.2, 0.25) is 0 Å². The number of methoxy groups -OCH3 is 1. The van der Waals surface area contributed by atoms with Gasteiger partial charge in [0.1, 0.15) is 0 Å². The monoisotopic (exact) mass is 242 g/mol. The van der Waals surface area contributed by atoms with E-state index >= 15 is 0 Å². The lowest BCUT2D eigenvalue weighted by Crippen LogP contribution is -2.37. The minimum atomic E-state index is 0.248. The number of hydrogen-bond acceptors (Lipinski definition) is 3. The molecule has 2 atom stereocenters. The molecule has 0 saturated carbocycles. The molecule has 0 bridgehead atoms. The Kier molecular flexibility index (Phi) is 5.90. The molecule has 2 unspecified atom stereocenters. The van der Waals surface area contributed by atoms with E-state index in [1.165, 1.54) is 25.8 Å². The van der Waals surface area contributed by atoms with E-state index in [2.05, 4.69) is 37.9 Å². The summed E-state index contributed by atoms with van der Waals surface area (Å²) in [5, 5.41) is 3.54. The second-order valence-corrected chi connectivity index (χ2v) is 6.31. The fourth-order valence-corrected chi connectivity index (χ4v) is 2.39. The molecule has 0 aromatic heterocycles. The molecule has 1 aliphatic rings. The van der Waals surface area contributed by atoms with E-state index in [4.69, 9.17) is 4.74 Å². The van der Waals surface area contributed by atoms with Crippen LogP contribution >= 0.6 is 0 Å². The Bertz CT molecular complexity index is 213. The summed E-state index contributed by atoms with van der Waals surface area (Å²) in [4.78, 5) is 2.56. The summed E-state index contributed by atoms with van der Waals surface area (Å²) in [7, 11) is 1.83. The molecule has 102 valence electrons. The van der Waals surface area contributed by atoms with E-state index in [0.29, 0.717) is 12.1 Å². The lowest BCUT2D eigenvalue weighted by Gasteiger charge is -2.25. The summed E-state index contributed by atoms with van der Waals surface area (Å²) < 4.78 is 5.41. The molecular weight excluding hydrogens is 212 g/mol. The van der Waals surface area contributed by atoms with Crippen molar-refractivity contribution in [1.82, 2.24) is 10.2 Å². The van der Waals surface area contributed by atoms with Crippen LogP contribution in [-0.2, 0) is 4.74 Å². The number of hydrogen-bond donors (Lipinski definition) is 1. The molecule has 1 rings (SSSR count). The van der Waals surface area contributed by atoms with Gasteiger partial charge in [-0.25, -0.2) is 0 Å². The maximum Gasteiger partial charge on any atom is 0.0710 e. The molecule has 0 aliphatic carbocycles. The second-order valence-electron chi connectivity index (χ2n) is 6.31. The molecule has 0 spiro atoms. The zero-order valence-corrected chi connectivity index (χ0v) is 12.3. The Morgan fingerprint density at radius 3 is 2.65 bits per heavy atom. The summed E-state index contributed by atoms with van der Waals surface area (Å²) in [6, 6.07) is 0.692. The average Bonchev–Trinajstić information content (AvgIpc) is 2.71. The van der Waals surface area contributed by atoms with Crippen molar-refractivity contribution < 1.29 is 4.74 Å². The van der Waals surface area contributed by atoms with Crippen molar-refractivity contribution in [3.63, 3.8) is 0 Å². The van der Waals surface area contributed by atoms with E-state index in [-0.39, 0.29) is 5.54 Å². The third-order valence-corrected chi connectivity index (χ3v) is 3.59. The fourth-order valence-electron chi connectivity index (χ4n) is 2.39. The van der Waals surface area contributed by atoms with E-state index in [9.17, 15) is 0 Å². The van der Waals surface area contributed by atoms with Gasteiger partial charge in [0.15, 0.2) is 0 Å². The van der Waals surface area contributed by atoms with Crippen LogP contribution < -0.4 is 5.32 Å². The van der Waals surface area contributed by atoms with Crippen LogP contribution in [0.15, 0.2) is 0 Å². The van der Waals surface area contributed by atoms with Crippen LogP contribution in [0, 0.1) is 0 Å². The lowest BCUT2D eigenvalue weighted by atomic mass is 10.1. The summed E-state index contributed by atoms with van der Waals surface area (Å²) in [5.41, 5.74) is 0.248. The molecule has 0 aromatic rings. The van der Waals surface area contributed by atoms with Crippen LogP contribution in [0.1, 0.15) is 47.0 Å². The molecule has 1 N–H and O–H groups in total. The van der Waals surface area contributed by atoms with Crippen molar-refractivity contribution in [2.24, 2.45) is 0 Å². The summed E-state index contributed by atoms with van der Waals surface area (Å²) in [6.07, 6.45) is 4.19. The van der Waals surface area contributed by atoms with E-state index in [0.717, 1.165) is 13.1 Å². The quantitative estimate of drug-likeness (QED) is 0.723. The molecule has 0 aromatic carbocycles. The number of rotatable bonds is 6. The SMILES string of the molecule is COC1CCN(C(C)CCCNC(C)(C)C)C1. The van der Waals surface area contributed by atoms with Crippen LogP contribution in [0.3, 0.4) is 0 Å². The Balaban J connectivity index is 2.11. The van der Waals surface area contributed by atoms with Gasteiger partial charge < -0.3 is 10.1 Å². The van der Waals surface area contributed by atoms with Gasteiger partial charge in [0, 0.05) is 31.8 Å². The highest BCUT2D eigenvalue weighted by Gasteiger charge is 2.25. The topological polar surface area (TPSA) is 24.5 Å². The predicted molar refractivity (Wildman–Crippen MR) is 73.4 cm³/mol. The Labute approximate surface area is 107 Å². The molecule has 3 heteroatoms. The molecular formula is C14H30N2O. The third-order valence-electron chi connectivity index (χ3n) is 3.59. The molecule has 1 heterocycles. The van der Waals surface area contributed by atoms with Crippen molar-refractivity contribution in [3.05, 3.63) is 0 Å². The second kappa shape index (κ2) is 6.72. The minimum absolute atomic E-state index is 0.248. The fraction of sp³-hybridized carbons (Fsp3) is 1.00. The van der Waals surface area contributed by atoms with Crippen molar-refractivity contribution >= 4 is 0 Å². The zero-order valence-electron chi connectivity index (χ0n) is 12.3. The highest BCUT2D eigenvalue weighted by atomic mass is 16.5. The van der Waals surface area contributed by atoms with E-state index in [1.807, 2.05) is 7.11 Å². The summed E-state index contributed by atoms with van der Waals surface area (Å²) in [6.45, 7) is 12.4. The number of likely N-dealkylation sites (tertiary alicyclic amines) is 1. The zero-order chi connectivity index (χ0) is 12.9. The molecule has 1 aliphatic heterocycles. The molecule has 3 nitrogen and oxygen atoms in total. The molecule has 1 saturated heterocycles. The number of nitrogens with one attached hydrogen (secondary N) is 1. The van der Waals surface area contributed by atoms with Crippen molar-refractivity contribution in [1.29, 1.82) is 0 Å². The lowest BCUT2D eigenvalue weighted by molar-refractivity contribution is 0.101. The summed E-state index contributed by atoms with van der Waals surface area (Å²) >= 11 is 0. The maximum absolute atomic E-state index is 5.41. The first-order valence-corrected chi connectivity index (χ1v) is 6.94. The number of ether oxygens (including phenoxy) is 1. The Morgan fingerprint density at radius 1 is 1.41 bits per heavy atom. The van der Waals surface area contributed by atoms with Gasteiger partial charge in [0.05, 0.1) is 6.10 Å². The van der Waals surface area contributed by atoms with E-state index < -0.39 is 0 Å².